The summed E-state index contributed by atoms with van der Waals surface area (Å²) in [6, 6.07) is 5.44. The molecule has 3 aliphatic rings. The molecule has 3 aliphatic heterocycles. The zero-order valence-electron chi connectivity index (χ0n) is 16.7. The molecule has 3 saturated heterocycles. The van der Waals surface area contributed by atoms with E-state index in [1.165, 1.54) is 42.2 Å². The number of carbonyl (C=O) groups excluding carboxylic acids is 1. The summed E-state index contributed by atoms with van der Waals surface area (Å²) in [6.07, 6.45) is 3.76. The van der Waals surface area contributed by atoms with Crippen molar-refractivity contribution in [2.45, 2.75) is 30.2 Å². The average molecular weight is 425 g/mol. The fourth-order valence-corrected chi connectivity index (χ4v) is 6.01. The highest BCUT2D eigenvalue weighted by Crippen LogP contribution is 2.22. The molecule has 4 rings (SSSR count). The van der Waals surface area contributed by atoms with E-state index in [0.29, 0.717) is 25.7 Å². The lowest BCUT2D eigenvalue weighted by Gasteiger charge is -2.44. The molecule has 1 aromatic carbocycles. The molecule has 0 unspecified atom stereocenters. The van der Waals surface area contributed by atoms with Crippen LogP contribution < -0.4 is 0 Å². The fourth-order valence-electron chi connectivity index (χ4n) is 4.59. The number of hydrogen-bond donors (Lipinski definition) is 0. The summed E-state index contributed by atoms with van der Waals surface area (Å²) in [6.45, 7) is 5.80. The van der Waals surface area contributed by atoms with Gasteiger partial charge in [0.15, 0.2) is 0 Å². The summed E-state index contributed by atoms with van der Waals surface area (Å²) in [4.78, 5) is 19.4. The highest BCUT2D eigenvalue weighted by atomic mass is 32.2. The first-order valence-electron chi connectivity index (χ1n) is 10.4. The molecular formula is C20H29FN4O3S. The van der Waals surface area contributed by atoms with Crippen LogP contribution in [0, 0.1) is 5.82 Å². The van der Waals surface area contributed by atoms with Crippen molar-refractivity contribution in [2.24, 2.45) is 0 Å². The Kier molecular flexibility index (Phi) is 6.19. The molecule has 1 aromatic rings. The van der Waals surface area contributed by atoms with Crippen LogP contribution in [0.2, 0.25) is 0 Å². The quantitative estimate of drug-likeness (QED) is 0.717. The smallest absolute Gasteiger partial charge is 0.243 e. The van der Waals surface area contributed by atoms with Crippen LogP contribution in [0.3, 0.4) is 0 Å². The Morgan fingerprint density at radius 1 is 0.966 bits per heavy atom. The molecule has 0 aromatic heterocycles. The molecule has 9 heteroatoms. The Bertz CT molecular complexity index is 825. The molecule has 0 spiro atoms. The topological polar surface area (TPSA) is 64.2 Å². The van der Waals surface area contributed by atoms with Crippen molar-refractivity contribution in [3.63, 3.8) is 0 Å². The minimum atomic E-state index is -3.66. The summed E-state index contributed by atoms with van der Waals surface area (Å²) < 4.78 is 39.9. The first kappa shape index (κ1) is 20.7. The monoisotopic (exact) mass is 424 g/mol. The Hall–Kier alpha value is -1.55. The number of fused-ring (bicyclic) bond motifs is 1. The van der Waals surface area contributed by atoms with Crippen LogP contribution in [-0.4, -0.2) is 98.3 Å². The standard InChI is InChI=1S/C20H29FN4O3S/c21-17-4-6-19(7-5-17)29(27,28)25-13-11-24(12-14-25)20(26)16-22-9-10-23-8-2-1-3-18(23)15-22/h4-7,18H,1-3,8-16H2/t18-/m0/s1. The van der Waals surface area contributed by atoms with Gasteiger partial charge in [0.1, 0.15) is 5.82 Å². The number of benzene rings is 1. The van der Waals surface area contributed by atoms with Gasteiger partial charge in [-0.2, -0.15) is 4.31 Å². The summed E-state index contributed by atoms with van der Waals surface area (Å²) in [5.74, 6) is -0.387. The van der Waals surface area contributed by atoms with E-state index in [4.69, 9.17) is 0 Å². The number of halogens is 1. The lowest BCUT2D eigenvalue weighted by Crippen LogP contribution is -2.57. The summed E-state index contributed by atoms with van der Waals surface area (Å²) in [5, 5.41) is 0. The average Bonchev–Trinajstić information content (AvgIpc) is 2.74. The molecular weight excluding hydrogens is 395 g/mol. The normalized spacial score (nSPS) is 25.0. The second-order valence-electron chi connectivity index (χ2n) is 8.16. The molecule has 1 amide bonds. The molecule has 0 saturated carbocycles. The molecule has 7 nitrogen and oxygen atoms in total. The van der Waals surface area contributed by atoms with Gasteiger partial charge in [-0.3, -0.25) is 14.6 Å². The van der Waals surface area contributed by atoms with Crippen LogP contribution in [0.4, 0.5) is 4.39 Å². The van der Waals surface area contributed by atoms with E-state index in [-0.39, 0.29) is 23.9 Å². The van der Waals surface area contributed by atoms with Crippen molar-refractivity contribution in [1.29, 1.82) is 0 Å². The SMILES string of the molecule is O=C(CN1CCN2CCCC[C@H]2C1)N1CCN(S(=O)(=O)c2ccc(F)cc2)CC1. The van der Waals surface area contributed by atoms with Crippen molar-refractivity contribution in [1.82, 2.24) is 19.0 Å². The zero-order chi connectivity index (χ0) is 20.4. The minimum absolute atomic E-state index is 0.0769. The van der Waals surface area contributed by atoms with Crippen molar-refractivity contribution in [3.8, 4) is 0 Å². The van der Waals surface area contributed by atoms with E-state index >= 15 is 0 Å². The van der Waals surface area contributed by atoms with E-state index in [9.17, 15) is 17.6 Å². The summed E-state index contributed by atoms with van der Waals surface area (Å²) in [5.41, 5.74) is 0. The predicted molar refractivity (Wildman–Crippen MR) is 107 cm³/mol. The van der Waals surface area contributed by atoms with Gasteiger partial charge in [-0.1, -0.05) is 6.42 Å². The van der Waals surface area contributed by atoms with Crippen LogP contribution in [0.1, 0.15) is 19.3 Å². The molecule has 0 aliphatic carbocycles. The van der Waals surface area contributed by atoms with Crippen LogP contribution in [0.15, 0.2) is 29.2 Å². The Morgan fingerprint density at radius 2 is 1.69 bits per heavy atom. The largest absolute Gasteiger partial charge is 0.339 e. The number of piperidine rings is 1. The minimum Gasteiger partial charge on any atom is -0.339 e. The Balaban J connectivity index is 1.29. The van der Waals surface area contributed by atoms with Crippen molar-refractivity contribution in [3.05, 3.63) is 30.1 Å². The maximum absolute atomic E-state index is 13.1. The van der Waals surface area contributed by atoms with Crippen LogP contribution in [-0.2, 0) is 14.8 Å². The van der Waals surface area contributed by atoms with Gasteiger partial charge >= 0.3 is 0 Å². The van der Waals surface area contributed by atoms with Crippen LogP contribution in [0.25, 0.3) is 0 Å². The number of carbonyl (C=O) groups is 1. The number of nitrogens with zero attached hydrogens (tertiary/aromatic N) is 4. The molecule has 29 heavy (non-hydrogen) atoms. The van der Waals surface area contributed by atoms with Gasteiger partial charge in [0.2, 0.25) is 15.9 Å². The molecule has 0 N–H and O–H groups in total. The number of rotatable bonds is 4. The van der Waals surface area contributed by atoms with Crippen molar-refractivity contribution >= 4 is 15.9 Å². The summed E-state index contributed by atoms with van der Waals surface area (Å²) in [7, 11) is -3.66. The maximum Gasteiger partial charge on any atom is 0.243 e. The van der Waals surface area contributed by atoms with E-state index in [2.05, 4.69) is 9.80 Å². The molecule has 160 valence electrons. The maximum atomic E-state index is 13.1. The van der Waals surface area contributed by atoms with E-state index < -0.39 is 15.8 Å². The summed E-state index contributed by atoms with van der Waals surface area (Å²) >= 11 is 0. The first-order valence-corrected chi connectivity index (χ1v) is 11.9. The second kappa shape index (κ2) is 8.67. The van der Waals surface area contributed by atoms with E-state index in [1.807, 2.05) is 0 Å². The lowest BCUT2D eigenvalue weighted by atomic mass is 9.99. The van der Waals surface area contributed by atoms with Crippen LogP contribution in [0.5, 0.6) is 0 Å². The van der Waals surface area contributed by atoms with Gasteiger partial charge in [0, 0.05) is 51.9 Å². The van der Waals surface area contributed by atoms with Gasteiger partial charge in [-0.15, -0.1) is 0 Å². The third-order valence-electron chi connectivity index (χ3n) is 6.32. The number of hydrogen-bond acceptors (Lipinski definition) is 5. The van der Waals surface area contributed by atoms with Gasteiger partial charge < -0.3 is 4.90 Å². The molecule has 1 atom stereocenters. The van der Waals surface area contributed by atoms with Crippen molar-refractivity contribution in [2.75, 3.05) is 58.9 Å². The molecule has 3 heterocycles. The Labute approximate surface area is 172 Å². The lowest BCUT2D eigenvalue weighted by molar-refractivity contribution is -0.134. The van der Waals surface area contributed by atoms with Gasteiger partial charge in [-0.25, -0.2) is 12.8 Å². The predicted octanol–water partition coefficient (Wildman–Crippen LogP) is 0.829. The highest BCUT2D eigenvalue weighted by Gasteiger charge is 2.33. The van der Waals surface area contributed by atoms with Gasteiger partial charge in [0.25, 0.3) is 0 Å². The molecule has 3 fully saturated rings. The van der Waals surface area contributed by atoms with Crippen LogP contribution >= 0.6 is 0 Å². The van der Waals surface area contributed by atoms with Gasteiger partial charge in [0.05, 0.1) is 11.4 Å². The molecule has 0 bridgehead atoms. The third kappa shape index (κ3) is 4.63. The Morgan fingerprint density at radius 3 is 2.41 bits per heavy atom. The number of sulfonamides is 1. The molecule has 0 radical (unpaired) electrons. The van der Waals surface area contributed by atoms with Crippen molar-refractivity contribution < 1.29 is 17.6 Å². The van der Waals surface area contributed by atoms with Gasteiger partial charge in [-0.05, 0) is 43.7 Å². The first-order chi connectivity index (χ1) is 13.9. The fraction of sp³-hybridized carbons (Fsp3) is 0.650. The highest BCUT2D eigenvalue weighted by molar-refractivity contribution is 7.89. The van der Waals surface area contributed by atoms with E-state index in [1.54, 1.807) is 4.90 Å². The number of piperazine rings is 2. The number of amides is 1. The third-order valence-corrected chi connectivity index (χ3v) is 8.24. The second-order valence-corrected chi connectivity index (χ2v) is 10.1. The van der Waals surface area contributed by atoms with E-state index in [0.717, 1.165) is 31.8 Å². The zero-order valence-corrected chi connectivity index (χ0v) is 17.5.